The summed E-state index contributed by atoms with van der Waals surface area (Å²) in [4.78, 5) is 14.4. The molecule has 2 rings (SSSR count). The Morgan fingerprint density at radius 3 is 3.00 bits per heavy atom. The number of amides is 1. The first-order valence-electron chi connectivity index (χ1n) is 6.12. The van der Waals surface area contributed by atoms with Gasteiger partial charge in [0.2, 0.25) is 5.91 Å². The Morgan fingerprint density at radius 2 is 2.35 bits per heavy atom. The number of carbonyl (C=O) groups excluding carboxylic acids is 1. The highest BCUT2D eigenvalue weighted by Gasteiger charge is 2.23. The van der Waals surface area contributed by atoms with Gasteiger partial charge in [-0.2, -0.15) is 0 Å². The van der Waals surface area contributed by atoms with Gasteiger partial charge in [-0.25, -0.2) is 0 Å². The molecule has 1 aliphatic heterocycles. The largest absolute Gasteiger partial charge is 0.342 e. The van der Waals surface area contributed by atoms with E-state index in [0.717, 1.165) is 25.9 Å². The molecule has 1 aromatic carbocycles. The third kappa shape index (κ3) is 3.56. The topological polar surface area (TPSA) is 20.3 Å². The number of aryl methyl sites for hydroxylation is 2. The Bertz CT molecular complexity index is 405. The molecule has 0 spiro atoms. The zero-order valence-corrected chi connectivity index (χ0v) is 11.7. The minimum atomic E-state index is 0.286. The monoisotopic (exact) mass is 295 g/mol. The van der Waals surface area contributed by atoms with Gasteiger partial charge < -0.3 is 4.90 Å². The molecule has 1 aliphatic rings. The van der Waals surface area contributed by atoms with E-state index in [-0.39, 0.29) is 5.91 Å². The van der Waals surface area contributed by atoms with Crippen molar-refractivity contribution in [1.29, 1.82) is 0 Å². The molecule has 92 valence electrons. The van der Waals surface area contributed by atoms with E-state index in [0.29, 0.717) is 11.2 Å². The molecule has 1 atom stereocenters. The molecule has 1 fully saturated rings. The molecule has 0 radical (unpaired) electrons. The number of likely N-dealkylation sites (tertiary alicyclic amines) is 1. The van der Waals surface area contributed by atoms with E-state index >= 15 is 0 Å². The summed E-state index contributed by atoms with van der Waals surface area (Å²) < 4.78 is 0. The van der Waals surface area contributed by atoms with Crippen molar-refractivity contribution in [3.63, 3.8) is 0 Å². The van der Waals surface area contributed by atoms with Crippen LogP contribution in [-0.4, -0.2) is 28.7 Å². The van der Waals surface area contributed by atoms with Gasteiger partial charge >= 0.3 is 0 Å². The van der Waals surface area contributed by atoms with Gasteiger partial charge in [0, 0.05) is 24.3 Å². The van der Waals surface area contributed by atoms with E-state index in [2.05, 4.69) is 47.1 Å². The minimum absolute atomic E-state index is 0.286. The molecule has 0 aromatic heterocycles. The lowest BCUT2D eigenvalue weighted by molar-refractivity contribution is -0.130. The summed E-state index contributed by atoms with van der Waals surface area (Å²) in [6.07, 6.45) is 2.56. The van der Waals surface area contributed by atoms with E-state index in [1.807, 2.05) is 4.90 Å². The second kappa shape index (κ2) is 5.67. The summed E-state index contributed by atoms with van der Waals surface area (Å²) in [5.41, 5.74) is 2.52. The third-order valence-electron chi connectivity index (χ3n) is 3.19. The van der Waals surface area contributed by atoms with Crippen molar-refractivity contribution in [2.75, 3.05) is 13.1 Å². The van der Waals surface area contributed by atoms with Crippen molar-refractivity contribution >= 4 is 21.8 Å². The Hall–Kier alpha value is -0.830. The predicted octanol–water partition coefficient (Wildman–Crippen LogP) is 2.92. The van der Waals surface area contributed by atoms with Crippen LogP contribution < -0.4 is 0 Å². The highest BCUT2D eigenvalue weighted by atomic mass is 79.9. The van der Waals surface area contributed by atoms with Crippen molar-refractivity contribution < 1.29 is 4.79 Å². The second-order valence-electron chi connectivity index (χ2n) is 4.71. The maximum Gasteiger partial charge on any atom is 0.222 e. The maximum absolute atomic E-state index is 12.0. The van der Waals surface area contributed by atoms with Gasteiger partial charge in [-0.15, -0.1) is 0 Å². The highest BCUT2D eigenvalue weighted by molar-refractivity contribution is 9.09. The molecule has 2 nitrogen and oxygen atoms in total. The molecular formula is C14H18BrNO. The number of benzene rings is 1. The van der Waals surface area contributed by atoms with Gasteiger partial charge in [0.05, 0.1) is 0 Å². The highest BCUT2D eigenvalue weighted by Crippen LogP contribution is 2.18. The third-order valence-corrected chi connectivity index (χ3v) is 3.94. The summed E-state index contributed by atoms with van der Waals surface area (Å²) in [6, 6.07) is 8.39. The number of hydrogen-bond acceptors (Lipinski definition) is 1. The minimum Gasteiger partial charge on any atom is -0.342 e. The number of nitrogens with zero attached hydrogens (tertiary/aromatic N) is 1. The second-order valence-corrected chi connectivity index (χ2v) is 6.01. The Balaban J connectivity index is 1.84. The summed E-state index contributed by atoms with van der Waals surface area (Å²) in [7, 11) is 0. The van der Waals surface area contributed by atoms with Gasteiger partial charge in [-0.1, -0.05) is 45.8 Å². The summed E-state index contributed by atoms with van der Waals surface area (Å²) in [5.74, 6) is 0.286. The average molecular weight is 296 g/mol. The molecule has 3 heteroatoms. The van der Waals surface area contributed by atoms with E-state index in [4.69, 9.17) is 0 Å². The Kier molecular flexibility index (Phi) is 4.21. The Morgan fingerprint density at radius 1 is 1.53 bits per heavy atom. The molecule has 1 heterocycles. The van der Waals surface area contributed by atoms with Crippen LogP contribution in [0.3, 0.4) is 0 Å². The molecule has 0 bridgehead atoms. The lowest BCUT2D eigenvalue weighted by Crippen LogP contribution is -2.28. The molecule has 1 aromatic rings. The van der Waals surface area contributed by atoms with Crippen LogP contribution in [0.4, 0.5) is 0 Å². The zero-order valence-electron chi connectivity index (χ0n) is 10.2. The fourth-order valence-electron chi connectivity index (χ4n) is 2.22. The quantitative estimate of drug-likeness (QED) is 0.785. The molecule has 0 N–H and O–H groups in total. The molecule has 1 amide bonds. The lowest BCUT2D eigenvalue weighted by Gasteiger charge is -2.15. The van der Waals surface area contributed by atoms with Crippen molar-refractivity contribution in [2.45, 2.75) is 31.0 Å². The number of alkyl halides is 1. The first kappa shape index (κ1) is 12.6. The number of rotatable bonds is 3. The lowest BCUT2D eigenvalue weighted by atomic mass is 10.1. The van der Waals surface area contributed by atoms with Crippen molar-refractivity contribution in [3.05, 3.63) is 35.4 Å². The van der Waals surface area contributed by atoms with Crippen LogP contribution >= 0.6 is 15.9 Å². The smallest absolute Gasteiger partial charge is 0.222 e. The molecule has 1 saturated heterocycles. The fraction of sp³-hybridized carbons (Fsp3) is 0.500. The van der Waals surface area contributed by atoms with Gasteiger partial charge in [-0.3, -0.25) is 4.79 Å². The summed E-state index contributed by atoms with van der Waals surface area (Å²) in [6.45, 7) is 3.86. The van der Waals surface area contributed by atoms with E-state index in [1.165, 1.54) is 11.1 Å². The number of carbonyl (C=O) groups is 1. The number of halogens is 1. The fourth-order valence-corrected chi connectivity index (χ4v) is 2.78. The van der Waals surface area contributed by atoms with Crippen LogP contribution in [0.1, 0.15) is 24.0 Å². The van der Waals surface area contributed by atoms with Gasteiger partial charge in [-0.05, 0) is 25.3 Å². The van der Waals surface area contributed by atoms with Crippen LogP contribution in [0, 0.1) is 6.92 Å². The average Bonchev–Trinajstić information content (AvgIpc) is 2.73. The van der Waals surface area contributed by atoms with Crippen LogP contribution in [0.5, 0.6) is 0 Å². The van der Waals surface area contributed by atoms with Gasteiger partial charge in [0.25, 0.3) is 0 Å². The van der Waals surface area contributed by atoms with Crippen LogP contribution in [0.25, 0.3) is 0 Å². The SMILES string of the molecule is Cc1cccc(CCC(=O)N2CCC(Br)C2)c1. The normalized spacial score (nSPS) is 19.6. The predicted molar refractivity (Wildman–Crippen MR) is 73.4 cm³/mol. The number of hydrogen-bond donors (Lipinski definition) is 0. The summed E-state index contributed by atoms with van der Waals surface area (Å²) >= 11 is 3.56. The first-order valence-corrected chi connectivity index (χ1v) is 7.04. The first-order chi connectivity index (χ1) is 8.15. The molecule has 1 unspecified atom stereocenters. The van der Waals surface area contributed by atoms with Crippen LogP contribution in [0.15, 0.2) is 24.3 Å². The van der Waals surface area contributed by atoms with Crippen LogP contribution in [0.2, 0.25) is 0 Å². The standard InChI is InChI=1S/C14H18BrNO/c1-11-3-2-4-12(9-11)5-6-14(17)16-8-7-13(15)10-16/h2-4,9,13H,5-8,10H2,1H3. The van der Waals surface area contributed by atoms with Crippen molar-refractivity contribution in [1.82, 2.24) is 4.90 Å². The molecule has 0 saturated carbocycles. The summed E-state index contributed by atoms with van der Waals surface area (Å²) in [5, 5.41) is 0. The van der Waals surface area contributed by atoms with Gasteiger partial charge in [0.15, 0.2) is 0 Å². The maximum atomic E-state index is 12.0. The molecule has 17 heavy (non-hydrogen) atoms. The molecule has 0 aliphatic carbocycles. The Labute approximate surface area is 111 Å². The zero-order chi connectivity index (χ0) is 12.3. The van der Waals surface area contributed by atoms with E-state index < -0.39 is 0 Å². The van der Waals surface area contributed by atoms with Crippen molar-refractivity contribution in [2.24, 2.45) is 0 Å². The molecular weight excluding hydrogens is 278 g/mol. The van der Waals surface area contributed by atoms with E-state index in [1.54, 1.807) is 0 Å². The van der Waals surface area contributed by atoms with Gasteiger partial charge in [0.1, 0.15) is 0 Å². The van der Waals surface area contributed by atoms with Crippen molar-refractivity contribution in [3.8, 4) is 0 Å². The van der Waals surface area contributed by atoms with E-state index in [9.17, 15) is 4.79 Å². The van der Waals surface area contributed by atoms with Crippen LogP contribution in [-0.2, 0) is 11.2 Å².